The van der Waals surface area contributed by atoms with E-state index in [2.05, 4.69) is 35.8 Å². The van der Waals surface area contributed by atoms with Crippen molar-refractivity contribution in [3.8, 4) is 0 Å². The van der Waals surface area contributed by atoms with Gasteiger partial charge in [-0.25, -0.2) is 9.02 Å². The third kappa shape index (κ3) is 7.59. The number of aryl methyl sites for hydroxylation is 1. The lowest BCUT2D eigenvalue weighted by molar-refractivity contribution is -0.134. The molecule has 1 aromatic heterocycles. The molecular formula is C25H34FN7O4. The lowest BCUT2D eigenvalue weighted by Gasteiger charge is -2.35. The van der Waals surface area contributed by atoms with Gasteiger partial charge in [0.1, 0.15) is 17.6 Å². The van der Waals surface area contributed by atoms with Crippen LogP contribution in [0, 0.1) is 5.82 Å². The number of rotatable bonds is 10. The Kier molecular flexibility index (Phi) is 9.72. The van der Waals surface area contributed by atoms with Crippen molar-refractivity contribution >= 4 is 23.4 Å². The van der Waals surface area contributed by atoms with Gasteiger partial charge in [-0.1, -0.05) is 24.2 Å². The van der Waals surface area contributed by atoms with Crippen molar-refractivity contribution in [2.24, 2.45) is 0 Å². The second-order valence-electron chi connectivity index (χ2n) is 8.96. The number of likely N-dealkylation sites (N-methyl/N-ethyl adjacent to an activating group) is 1. The first-order chi connectivity index (χ1) is 17.7. The van der Waals surface area contributed by atoms with Crippen LogP contribution in [0.25, 0.3) is 0 Å². The van der Waals surface area contributed by atoms with E-state index in [1.54, 1.807) is 13.0 Å². The van der Waals surface area contributed by atoms with Crippen LogP contribution in [0.15, 0.2) is 34.6 Å². The Bertz CT molecular complexity index is 1140. The molecule has 37 heavy (non-hydrogen) atoms. The molecule has 1 unspecified atom stereocenters. The molecule has 0 bridgehead atoms. The number of hydrogen-bond donors (Lipinski definition) is 3. The molecule has 200 valence electrons. The van der Waals surface area contributed by atoms with Crippen LogP contribution in [0.4, 0.5) is 10.1 Å². The molecule has 11 nitrogen and oxygen atoms in total. The third-order valence-corrected chi connectivity index (χ3v) is 6.21. The van der Waals surface area contributed by atoms with Crippen LogP contribution in [0.5, 0.6) is 0 Å². The van der Waals surface area contributed by atoms with Crippen LogP contribution in [-0.2, 0) is 22.4 Å². The number of amides is 3. The number of benzene rings is 1. The Morgan fingerprint density at radius 2 is 1.92 bits per heavy atom. The minimum Gasteiger partial charge on any atom is -0.377 e. The molecule has 3 amide bonds. The van der Waals surface area contributed by atoms with Gasteiger partial charge in [-0.2, -0.15) is 0 Å². The summed E-state index contributed by atoms with van der Waals surface area (Å²) in [5.74, 6) is -1.89. The zero-order valence-corrected chi connectivity index (χ0v) is 21.6. The quantitative estimate of drug-likeness (QED) is 0.432. The molecule has 1 aliphatic rings. The van der Waals surface area contributed by atoms with Gasteiger partial charge in [0.15, 0.2) is 5.69 Å². The summed E-state index contributed by atoms with van der Waals surface area (Å²) in [6, 6.07) is 3.87. The highest BCUT2D eigenvalue weighted by atomic mass is 19.1. The zero-order valence-electron chi connectivity index (χ0n) is 21.6. The lowest BCUT2D eigenvalue weighted by Crippen LogP contribution is -2.53. The lowest BCUT2D eigenvalue weighted by atomic mass is 10.0. The van der Waals surface area contributed by atoms with E-state index in [1.165, 1.54) is 12.1 Å². The predicted octanol–water partition coefficient (Wildman–Crippen LogP) is 1.34. The largest absolute Gasteiger partial charge is 0.377 e. The van der Waals surface area contributed by atoms with Gasteiger partial charge >= 0.3 is 0 Å². The summed E-state index contributed by atoms with van der Waals surface area (Å²) in [4.78, 5) is 41.7. The fourth-order valence-electron chi connectivity index (χ4n) is 3.88. The minimum absolute atomic E-state index is 0.00766. The molecule has 3 rings (SSSR count). The normalized spacial score (nSPS) is 15.3. The van der Waals surface area contributed by atoms with Gasteiger partial charge in [-0.3, -0.25) is 14.4 Å². The molecule has 3 N–H and O–H groups in total. The van der Waals surface area contributed by atoms with Crippen molar-refractivity contribution < 1.29 is 23.4 Å². The molecule has 1 saturated heterocycles. The number of halogens is 1. The number of nitrogens with zero attached hydrogens (tertiary/aromatic N) is 4. The first-order valence-corrected chi connectivity index (χ1v) is 12.3. The Balaban J connectivity index is 1.61. The standard InChI is InChI=1S/C25H34FN7O4/c1-5-16(3)28-21(25(36)33-11-9-32(4)10-12-33)14-17-7-8-20(18(26)13-17)29-22(34)15-27-24(35)23-19(6-2)30-37-31-23/h5,7-8,13,21,28H,6,9-12,14-15H2,1-4H3,(H,27,35)(H,29,34)/b16-5-. The Labute approximate surface area is 215 Å². The monoisotopic (exact) mass is 515 g/mol. The maximum atomic E-state index is 14.8. The maximum Gasteiger partial charge on any atom is 0.275 e. The van der Waals surface area contributed by atoms with Crippen molar-refractivity contribution in [3.05, 3.63) is 52.7 Å². The smallest absolute Gasteiger partial charge is 0.275 e. The fourth-order valence-corrected chi connectivity index (χ4v) is 3.88. The summed E-state index contributed by atoms with van der Waals surface area (Å²) in [5, 5.41) is 15.3. The van der Waals surface area contributed by atoms with Gasteiger partial charge in [0.05, 0.1) is 12.2 Å². The van der Waals surface area contributed by atoms with Crippen LogP contribution in [-0.4, -0.2) is 83.6 Å². The summed E-state index contributed by atoms with van der Waals surface area (Å²) in [6.45, 7) is 8.06. The van der Waals surface area contributed by atoms with Crippen LogP contribution < -0.4 is 16.0 Å². The fraction of sp³-hybridized carbons (Fsp3) is 0.480. The highest BCUT2D eigenvalue weighted by Crippen LogP contribution is 2.18. The second kappa shape index (κ2) is 12.9. The zero-order chi connectivity index (χ0) is 26.9. The molecule has 1 atom stereocenters. The summed E-state index contributed by atoms with van der Waals surface area (Å²) < 4.78 is 19.4. The molecule has 0 spiro atoms. The first kappa shape index (κ1) is 27.8. The van der Waals surface area contributed by atoms with E-state index in [9.17, 15) is 18.8 Å². The Hall–Kier alpha value is -3.80. The molecule has 12 heteroatoms. The van der Waals surface area contributed by atoms with Gasteiger partial charge in [0.25, 0.3) is 5.91 Å². The molecule has 1 fully saturated rings. The van der Waals surface area contributed by atoms with Gasteiger partial charge in [-0.05, 0) is 50.2 Å². The number of aromatic nitrogens is 2. The van der Waals surface area contributed by atoms with Crippen LogP contribution in [0.3, 0.4) is 0 Å². The van der Waals surface area contributed by atoms with Crippen LogP contribution >= 0.6 is 0 Å². The van der Waals surface area contributed by atoms with Crippen molar-refractivity contribution in [3.63, 3.8) is 0 Å². The average Bonchev–Trinajstić information content (AvgIpc) is 3.37. The van der Waals surface area contributed by atoms with Crippen molar-refractivity contribution in [2.75, 3.05) is 45.1 Å². The van der Waals surface area contributed by atoms with Gasteiger partial charge in [0.2, 0.25) is 11.8 Å². The second-order valence-corrected chi connectivity index (χ2v) is 8.96. The molecule has 2 heterocycles. The number of carbonyl (C=O) groups is 3. The average molecular weight is 516 g/mol. The van der Waals surface area contributed by atoms with Gasteiger partial charge in [-0.15, -0.1) is 0 Å². The van der Waals surface area contributed by atoms with Crippen molar-refractivity contribution in [1.82, 2.24) is 30.7 Å². The summed E-state index contributed by atoms with van der Waals surface area (Å²) in [5.41, 5.74) is 1.82. The van der Waals surface area contributed by atoms with Crippen LogP contribution in [0.2, 0.25) is 0 Å². The molecule has 1 aromatic carbocycles. The predicted molar refractivity (Wildman–Crippen MR) is 135 cm³/mol. The van der Waals surface area contributed by atoms with Crippen molar-refractivity contribution in [2.45, 2.75) is 39.7 Å². The number of piperazine rings is 1. The van der Waals surface area contributed by atoms with E-state index >= 15 is 0 Å². The third-order valence-electron chi connectivity index (χ3n) is 6.21. The summed E-state index contributed by atoms with van der Waals surface area (Å²) >= 11 is 0. The highest BCUT2D eigenvalue weighted by Gasteiger charge is 2.27. The minimum atomic E-state index is -0.639. The molecule has 0 radical (unpaired) electrons. The SMILES string of the molecule is C/C=C(/C)NC(Cc1ccc(NC(=O)CNC(=O)c2nonc2CC)c(F)c1)C(=O)N1CCN(C)CC1. The van der Waals surface area contributed by atoms with Gasteiger partial charge in [0, 0.05) is 38.3 Å². The number of hydrogen-bond acceptors (Lipinski definition) is 8. The topological polar surface area (TPSA) is 133 Å². The number of nitrogens with one attached hydrogen (secondary N) is 3. The van der Waals surface area contributed by atoms with Crippen molar-refractivity contribution in [1.29, 1.82) is 0 Å². The molecule has 2 aromatic rings. The van der Waals surface area contributed by atoms with Gasteiger partial charge < -0.3 is 25.8 Å². The van der Waals surface area contributed by atoms with E-state index in [0.717, 1.165) is 18.8 Å². The summed E-state index contributed by atoms with van der Waals surface area (Å²) in [6.07, 6.45) is 2.61. The Morgan fingerprint density at radius 3 is 2.57 bits per heavy atom. The molecular weight excluding hydrogens is 481 g/mol. The van der Waals surface area contributed by atoms with E-state index in [-0.39, 0.29) is 30.3 Å². The highest BCUT2D eigenvalue weighted by molar-refractivity contribution is 5.98. The number of allylic oxidation sites excluding steroid dienone is 2. The van der Waals surface area contributed by atoms with Crippen LogP contribution in [0.1, 0.15) is 42.5 Å². The summed E-state index contributed by atoms with van der Waals surface area (Å²) in [7, 11) is 2.02. The van der Waals surface area contributed by atoms with E-state index in [4.69, 9.17) is 0 Å². The molecule has 1 aliphatic heterocycles. The number of carbonyl (C=O) groups excluding carboxylic acids is 3. The van der Waals surface area contributed by atoms with E-state index < -0.39 is 23.7 Å². The Morgan fingerprint density at radius 1 is 1.19 bits per heavy atom. The first-order valence-electron chi connectivity index (χ1n) is 12.3. The molecule has 0 aliphatic carbocycles. The van der Waals surface area contributed by atoms with E-state index in [1.807, 2.05) is 31.9 Å². The van der Waals surface area contributed by atoms with E-state index in [0.29, 0.717) is 30.8 Å². The molecule has 0 saturated carbocycles. The maximum absolute atomic E-state index is 14.8. The number of anilines is 1.